The van der Waals surface area contributed by atoms with Crippen LogP contribution >= 0.6 is 11.6 Å². The lowest BCUT2D eigenvalue weighted by Crippen LogP contribution is -2.42. The van der Waals surface area contributed by atoms with Gasteiger partial charge in [-0.25, -0.2) is 8.42 Å². The molecule has 0 aliphatic heterocycles. The number of carbonyl (C=O) groups excluding carboxylic acids is 1. The fraction of sp³-hybridized carbons (Fsp3) is 0.240. The zero-order valence-corrected chi connectivity index (χ0v) is 21.2. The van der Waals surface area contributed by atoms with E-state index in [2.05, 4.69) is 5.32 Å². The molecule has 0 atom stereocenters. The maximum Gasteiger partial charge on any atom is 0.264 e. The number of sulfonamides is 1. The number of halogens is 1. The fourth-order valence-corrected chi connectivity index (χ4v) is 4.82. The van der Waals surface area contributed by atoms with Crippen LogP contribution < -0.4 is 23.8 Å². The number of rotatable bonds is 11. The van der Waals surface area contributed by atoms with E-state index in [1.165, 1.54) is 26.4 Å². The molecule has 0 heterocycles. The van der Waals surface area contributed by atoms with Crippen LogP contribution in [0.5, 0.6) is 17.2 Å². The molecule has 0 radical (unpaired) electrons. The first kappa shape index (κ1) is 26.2. The monoisotopic (exact) mass is 518 g/mol. The number of benzene rings is 3. The SMILES string of the molecule is COc1ccc(S(=O)(=O)N(CC(=O)NCCOc2ccc(C)c(Cl)c2)c2ccccc2OC)cc1. The minimum absolute atomic E-state index is 0.0107. The number of methoxy groups -OCH3 is 2. The van der Waals surface area contributed by atoms with E-state index >= 15 is 0 Å². The van der Waals surface area contributed by atoms with E-state index < -0.39 is 22.5 Å². The Balaban J connectivity index is 1.75. The molecular formula is C25H27ClN2O6S. The summed E-state index contributed by atoms with van der Waals surface area (Å²) in [6, 6.07) is 17.9. The third kappa shape index (κ3) is 6.58. The molecule has 0 unspecified atom stereocenters. The first-order chi connectivity index (χ1) is 16.8. The Labute approximate surface area is 210 Å². The van der Waals surface area contributed by atoms with Gasteiger partial charge in [-0.05, 0) is 61.0 Å². The van der Waals surface area contributed by atoms with Crippen LogP contribution in [0.3, 0.4) is 0 Å². The van der Waals surface area contributed by atoms with E-state index in [-0.39, 0.29) is 23.7 Å². The molecule has 8 nitrogen and oxygen atoms in total. The molecule has 0 saturated heterocycles. The van der Waals surface area contributed by atoms with Gasteiger partial charge in [-0.15, -0.1) is 0 Å². The second kappa shape index (κ2) is 11.8. The van der Waals surface area contributed by atoms with Crippen LogP contribution in [0, 0.1) is 6.92 Å². The number of amides is 1. The summed E-state index contributed by atoms with van der Waals surface area (Å²) in [7, 11) is -1.17. The van der Waals surface area contributed by atoms with Crippen LogP contribution in [-0.4, -0.2) is 48.2 Å². The molecule has 0 bridgehead atoms. The number of carbonyl (C=O) groups is 1. The van der Waals surface area contributed by atoms with Crippen LogP contribution in [0.2, 0.25) is 5.02 Å². The van der Waals surface area contributed by atoms with Crippen LogP contribution in [0.1, 0.15) is 5.56 Å². The highest BCUT2D eigenvalue weighted by Gasteiger charge is 2.29. The van der Waals surface area contributed by atoms with E-state index in [0.717, 1.165) is 9.87 Å². The summed E-state index contributed by atoms with van der Waals surface area (Å²) in [6.45, 7) is 1.79. The van der Waals surface area contributed by atoms with E-state index in [0.29, 0.717) is 22.3 Å². The van der Waals surface area contributed by atoms with Crippen molar-refractivity contribution in [3.63, 3.8) is 0 Å². The molecule has 3 aromatic rings. The van der Waals surface area contributed by atoms with Gasteiger partial charge in [-0.2, -0.15) is 0 Å². The number of nitrogens with one attached hydrogen (secondary N) is 1. The van der Waals surface area contributed by atoms with Crippen LogP contribution in [-0.2, 0) is 14.8 Å². The van der Waals surface area contributed by atoms with Crippen molar-refractivity contribution in [1.82, 2.24) is 5.32 Å². The van der Waals surface area contributed by atoms with Crippen molar-refractivity contribution in [3.05, 3.63) is 77.3 Å². The number of para-hydroxylation sites is 2. The van der Waals surface area contributed by atoms with E-state index in [9.17, 15) is 13.2 Å². The lowest BCUT2D eigenvalue weighted by atomic mass is 10.2. The molecule has 10 heteroatoms. The fourth-order valence-electron chi connectivity index (χ4n) is 3.22. The number of anilines is 1. The van der Waals surface area contributed by atoms with Crippen molar-refractivity contribution in [2.45, 2.75) is 11.8 Å². The smallest absolute Gasteiger partial charge is 0.264 e. The van der Waals surface area contributed by atoms with Crippen molar-refractivity contribution in [3.8, 4) is 17.2 Å². The standard InChI is InChI=1S/C25H27ClN2O6S/c1-18-8-9-20(16-22(18)26)34-15-14-27-25(29)17-28(23-6-4-5-7-24(23)33-3)35(30,31)21-12-10-19(32-2)11-13-21/h4-13,16H,14-15,17H2,1-3H3,(H,27,29). The zero-order chi connectivity index (χ0) is 25.4. The lowest BCUT2D eigenvalue weighted by Gasteiger charge is -2.25. The minimum Gasteiger partial charge on any atom is -0.497 e. The van der Waals surface area contributed by atoms with Crippen molar-refractivity contribution in [2.24, 2.45) is 0 Å². The Morgan fingerprint density at radius 3 is 2.31 bits per heavy atom. The summed E-state index contributed by atoms with van der Waals surface area (Å²) in [5.41, 5.74) is 1.17. The van der Waals surface area contributed by atoms with Gasteiger partial charge in [0.25, 0.3) is 10.0 Å². The van der Waals surface area contributed by atoms with E-state index in [1.807, 2.05) is 13.0 Å². The molecule has 1 amide bonds. The van der Waals surface area contributed by atoms with Gasteiger partial charge in [-0.1, -0.05) is 29.8 Å². The second-order valence-corrected chi connectivity index (χ2v) is 9.74. The molecule has 0 aliphatic rings. The van der Waals surface area contributed by atoms with Crippen molar-refractivity contribution in [1.29, 1.82) is 0 Å². The minimum atomic E-state index is -4.10. The summed E-state index contributed by atoms with van der Waals surface area (Å²) >= 11 is 6.10. The average Bonchev–Trinajstić information content (AvgIpc) is 2.87. The van der Waals surface area contributed by atoms with Crippen molar-refractivity contribution >= 4 is 33.2 Å². The van der Waals surface area contributed by atoms with Crippen molar-refractivity contribution < 1.29 is 27.4 Å². The summed E-state index contributed by atoms with van der Waals surface area (Å²) in [6.07, 6.45) is 0. The van der Waals surface area contributed by atoms with Gasteiger partial charge in [0.05, 0.1) is 31.3 Å². The predicted octanol–water partition coefficient (Wildman–Crippen LogP) is 4.06. The summed E-state index contributed by atoms with van der Waals surface area (Å²) in [4.78, 5) is 12.8. The first-order valence-electron chi connectivity index (χ1n) is 10.7. The predicted molar refractivity (Wildman–Crippen MR) is 135 cm³/mol. The molecule has 0 spiro atoms. The Kier molecular flexibility index (Phi) is 8.84. The Hall–Kier alpha value is -3.43. The third-order valence-corrected chi connectivity index (χ3v) is 7.31. The second-order valence-electron chi connectivity index (χ2n) is 7.47. The average molecular weight is 519 g/mol. The van der Waals surface area contributed by atoms with Crippen LogP contribution in [0.25, 0.3) is 0 Å². The highest BCUT2D eigenvalue weighted by molar-refractivity contribution is 7.92. The maximum absolute atomic E-state index is 13.5. The molecular weight excluding hydrogens is 492 g/mol. The molecule has 1 N–H and O–H groups in total. The molecule has 35 heavy (non-hydrogen) atoms. The topological polar surface area (TPSA) is 94.2 Å². The summed E-state index contributed by atoms with van der Waals surface area (Å²) in [5.74, 6) is 0.906. The van der Waals surface area contributed by atoms with E-state index in [4.69, 9.17) is 25.8 Å². The van der Waals surface area contributed by atoms with Gasteiger partial charge in [0.1, 0.15) is 30.4 Å². The normalized spacial score (nSPS) is 11.0. The zero-order valence-electron chi connectivity index (χ0n) is 19.7. The number of hydrogen-bond acceptors (Lipinski definition) is 6. The number of hydrogen-bond donors (Lipinski definition) is 1. The molecule has 0 aromatic heterocycles. The third-order valence-electron chi connectivity index (χ3n) is 5.12. The van der Waals surface area contributed by atoms with Gasteiger partial charge >= 0.3 is 0 Å². The number of aryl methyl sites for hydroxylation is 1. The van der Waals surface area contributed by atoms with Crippen molar-refractivity contribution in [2.75, 3.05) is 38.2 Å². The highest BCUT2D eigenvalue weighted by Crippen LogP contribution is 2.32. The quantitative estimate of drug-likeness (QED) is 0.385. The lowest BCUT2D eigenvalue weighted by molar-refractivity contribution is -0.119. The van der Waals surface area contributed by atoms with Crippen LogP contribution in [0.4, 0.5) is 5.69 Å². The molecule has 0 saturated carbocycles. The Morgan fingerprint density at radius 1 is 0.971 bits per heavy atom. The van der Waals surface area contributed by atoms with Crippen LogP contribution in [0.15, 0.2) is 71.6 Å². The molecule has 186 valence electrons. The largest absolute Gasteiger partial charge is 0.497 e. The molecule has 0 fully saturated rings. The van der Waals surface area contributed by atoms with Gasteiger partial charge in [0.2, 0.25) is 5.91 Å². The number of nitrogens with zero attached hydrogens (tertiary/aromatic N) is 1. The first-order valence-corrected chi connectivity index (χ1v) is 12.5. The Bertz CT molecular complexity index is 1270. The summed E-state index contributed by atoms with van der Waals surface area (Å²) in [5, 5.41) is 3.28. The van der Waals surface area contributed by atoms with Gasteiger partial charge < -0.3 is 19.5 Å². The Morgan fingerprint density at radius 2 is 1.66 bits per heavy atom. The number of ether oxygens (including phenoxy) is 3. The van der Waals surface area contributed by atoms with E-state index in [1.54, 1.807) is 48.5 Å². The molecule has 3 aromatic carbocycles. The molecule has 3 rings (SSSR count). The van der Waals surface area contributed by atoms with Gasteiger partial charge in [-0.3, -0.25) is 9.10 Å². The molecule has 0 aliphatic carbocycles. The highest BCUT2D eigenvalue weighted by atomic mass is 35.5. The maximum atomic E-state index is 13.5. The van der Waals surface area contributed by atoms with Gasteiger partial charge in [0, 0.05) is 5.02 Å². The van der Waals surface area contributed by atoms with Gasteiger partial charge in [0.15, 0.2) is 0 Å². The summed E-state index contributed by atoms with van der Waals surface area (Å²) < 4.78 is 44.1.